The van der Waals surface area contributed by atoms with Gasteiger partial charge in [0.25, 0.3) is 0 Å². The third-order valence-electron chi connectivity index (χ3n) is 4.91. The smallest absolute Gasteiger partial charge is 0.326 e. The fourth-order valence-electron chi connectivity index (χ4n) is 3.41. The zero-order chi connectivity index (χ0) is 23.5. The summed E-state index contributed by atoms with van der Waals surface area (Å²) in [6.45, 7) is 6.81. The monoisotopic (exact) mass is 455 g/mol. The molecule has 0 saturated carbocycles. The van der Waals surface area contributed by atoms with Crippen molar-refractivity contribution in [2.24, 2.45) is 0 Å². The van der Waals surface area contributed by atoms with E-state index in [-0.39, 0.29) is 11.4 Å². The molecule has 2 amide bonds. The van der Waals surface area contributed by atoms with Gasteiger partial charge in [-0.3, -0.25) is 9.62 Å². The van der Waals surface area contributed by atoms with Gasteiger partial charge in [0, 0.05) is 29.6 Å². The number of rotatable bonds is 6. The molecule has 1 aliphatic heterocycles. The van der Waals surface area contributed by atoms with Gasteiger partial charge < -0.3 is 10.1 Å². The van der Waals surface area contributed by atoms with Crippen LogP contribution in [0.1, 0.15) is 37.5 Å². The number of benzene rings is 2. The Balaban J connectivity index is 2.02. The van der Waals surface area contributed by atoms with Crippen LogP contribution in [0.4, 0.5) is 16.2 Å². The number of carbonyl (C=O) groups is 1. The third-order valence-corrected chi connectivity index (χ3v) is 5.51. The minimum Gasteiger partial charge on any atom is -0.496 e. The average molecular weight is 456 g/mol. The number of methoxy groups -OCH3 is 1. The van der Waals surface area contributed by atoms with Crippen LogP contribution < -0.4 is 19.7 Å². The normalized spacial score (nSPS) is 14.5. The Labute approximate surface area is 189 Å². The molecular weight excluding hydrogens is 426 g/mol. The van der Waals surface area contributed by atoms with Crippen molar-refractivity contribution >= 4 is 39.6 Å². The van der Waals surface area contributed by atoms with Gasteiger partial charge in [0.2, 0.25) is 10.0 Å². The van der Waals surface area contributed by atoms with E-state index in [1.54, 1.807) is 30.3 Å². The first-order chi connectivity index (χ1) is 15.0. The molecule has 0 aliphatic carbocycles. The number of nitrogens with one attached hydrogen (secondary N) is 2. The van der Waals surface area contributed by atoms with Crippen LogP contribution in [0.5, 0.6) is 5.75 Å². The number of anilines is 2. The Hall–Kier alpha value is -3.26. The summed E-state index contributed by atoms with van der Waals surface area (Å²) in [7, 11) is -1.68. The molecule has 0 spiro atoms. The molecule has 0 radical (unpaired) electrons. The van der Waals surface area contributed by atoms with E-state index in [2.05, 4.69) is 30.8 Å². The molecule has 32 heavy (non-hydrogen) atoms. The third kappa shape index (κ3) is 5.70. The molecule has 0 fully saturated rings. The van der Waals surface area contributed by atoms with Crippen molar-refractivity contribution in [1.29, 1.82) is 0 Å². The predicted molar refractivity (Wildman–Crippen MR) is 131 cm³/mol. The Morgan fingerprint density at radius 3 is 2.38 bits per heavy atom. The fraction of sp³-hybridized carbons (Fsp3) is 0.292. The van der Waals surface area contributed by atoms with Crippen LogP contribution in [0.25, 0.3) is 12.2 Å². The van der Waals surface area contributed by atoms with Crippen molar-refractivity contribution in [3.8, 4) is 5.75 Å². The van der Waals surface area contributed by atoms with Gasteiger partial charge in [0.05, 0.1) is 19.1 Å². The lowest BCUT2D eigenvalue weighted by molar-refractivity contribution is 0.248. The molecule has 2 aromatic rings. The van der Waals surface area contributed by atoms with Crippen molar-refractivity contribution in [2.45, 2.75) is 26.2 Å². The van der Waals surface area contributed by atoms with Crippen molar-refractivity contribution in [1.82, 2.24) is 5.32 Å². The molecule has 2 aromatic carbocycles. The number of urea groups is 1. The van der Waals surface area contributed by atoms with Gasteiger partial charge >= 0.3 is 6.03 Å². The summed E-state index contributed by atoms with van der Waals surface area (Å²) in [5.74, 6) is 0.745. The van der Waals surface area contributed by atoms with E-state index in [4.69, 9.17) is 4.74 Å². The molecule has 3 rings (SSSR count). The van der Waals surface area contributed by atoms with Crippen LogP contribution in [-0.2, 0) is 15.4 Å². The molecule has 170 valence electrons. The Kier molecular flexibility index (Phi) is 6.64. The van der Waals surface area contributed by atoms with Crippen molar-refractivity contribution in [2.75, 3.05) is 29.5 Å². The highest BCUT2D eigenvalue weighted by Gasteiger charge is 2.25. The minimum absolute atomic E-state index is 0.179. The average Bonchev–Trinajstić information content (AvgIpc) is 2.71. The summed E-state index contributed by atoms with van der Waals surface area (Å²) in [4.78, 5) is 14.0. The van der Waals surface area contributed by atoms with E-state index in [0.717, 1.165) is 34.4 Å². The summed E-state index contributed by atoms with van der Waals surface area (Å²) in [5.41, 5.74) is 3.75. The van der Waals surface area contributed by atoms with Crippen molar-refractivity contribution in [3.05, 3.63) is 65.4 Å². The highest BCUT2D eigenvalue weighted by molar-refractivity contribution is 7.92. The second kappa shape index (κ2) is 9.08. The summed E-state index contributed by atoms with van der Waals surface area (Å²) in [5, 5.41) is 2.82. The second-order valence-corrected chi connectivity index (χ2v) is 10.4. The molecule has 0 unspecified atom stereocenters. The molecule has 0 aromatic heterocycles. The number of amides is 2. The molecule has 0 saturated heterocycles. The summed E-state index contributed by atoms with van der Waals surface area (Å²) in [6, 6.07) is 10.8. The minimum atomic E-state index is -3.32. The largest absolute Gasteiger partial charge is 0.496 e. The van der Waals surface area contributed by atoms with Crippen LogP contribution in [0.2, 0.25) is 0 Å². The van der Waals surface area contributed by atoms with Gasteiger partial charge in [-0.25, -0.2) is 13.2 Å². The Bertz CT molecular complexity index is 1160. The first kappa shape index (κ1) is 23.4. The number of hydrogen-bond acceptors (Lipinski definition) is 4. The van der Waals surface area contributed by atoms with Crippen LogP contribution >= 0.6 is 0 Å². The highest BCUT2D eigenvalue weighted by atomic mass is 32.2. The quantitative estimate of drug-likeness (QED) is 0.624. The maximum absolute atomic E-state index is 12.4. The summed E-state index contributed by atoms with van der Waals surface area (Å²) < 4.78 is 31.0. The lowest BCUT2D eigenvalue weighted by atomic mass is 9.84. The van der Waals surface area contributed by atoms with Gasteiger partial charge in [-0.1, -0.05) is 45.1 Å². The number of ether oxygens (including phenoxy) is 1. The van der Waals surface area contributed by atoms with Crippen LogP contribution in [0.3, 0.4) is 0 Å². The van der Waals surface area contributed by atoms with E-state index in [1.807, 2.05) is 42.5 Å². The SMILES string of the molecule is COc1c(C=Cc2ccc(NS(C)(=O)=O)cc2)cc(N2C=CCNC2=O)cc1C(C)(C)C. The first-order valence-electron chi connectivity index (χ1n) is 10.2. The standard InChI is InChI=1S/C24H29N3O4S/c1-24(2,3)21-16-20(27-14-6-13-25-23(27)28)15-18(22(21)31-4)10-7-17-8-11-19(12-9-17)26-32(5,29)30/h6-12,14-16,26H,13H2,1-5H3,(H,25,28). The van der Waals surface area contributed by atoms with E-state index in [9.17, 15) is 13.2 Å². The van der Waals surface area contributed by atoms with Crippen molar-refractivity contribution < 1.29 is 17.9 Å². The highest BCUT2D eigenvalue weighted by Crippen LogP contribution is 2.39. The maximum atomic E-state index is 12.4. The van der Waals surface area contributed by atoms with E-state index in [0.29, 0.717) is 12.2 Å². The van der Waals surface area contributed by atoms with Gasteiger partial charge in [0.15, 0.2) is 0 Å². The van der Waals surface area contributed by atoms with E-state index >= 15 is 0 Å². The number of sulfonamides is 1. The lowest BCUT2D eigenvalue weighted by Crippen LogP contribution is -2.40. The van der Waals surface area contributed by atoms with Crippen molar-refractivity contribution in [3.63, 3.8) is 0 Å². The molecule has 1 heterocycles. The molecule has 2 N–H and O–H groups in total. The molecule has 1 aliphatic rings. The molecule has 7 nitrogen and oxygen atoms in total. The number of nitrogens with zero attached hydrogens (tertiary/aromatic N) is 1. The Morgan fingerprint density at radius 1 is 1.12 bits per heavy atom. The fourth-order valence-corrected chi connectivity index (χ4v) is 3.97. The summed E-state index contributed by atoms with van der Waals surface area (Å²) in [6.07, 6.45) is 8.63. The van der Waals surface area contributed by atoms with Gasteiger partial charge in [-0.15, -0.1) is 0 Å². The van der Waals surface area contributed by atoms with Crippen LogP contribution in [0, 0.1) is 0 Å². The molecular formula is C24H29N3O4S. The van der Waals surface area contributed by atoms with Gasteiger partial charge in [0.1, 0.15) is 5.75 Å². The molecule has 0 bridgehead atoms. The van der Waals surface area contributed by atoms with Crippen LogP contribution in [0.15, 0.2) is 48.7 Å². The van der Waals surface area contributed by atoms with E-state index < -0.39 is 10.0 Å². The predicted octanol–water partition coefficient (Wildman–Crippen LogP) is 4.58. The molecule has 8 heteroatoms. The topological polar surface area (TPSA) is 87.7 Å². The maximum Gasteiger partial charge on any atom is 0.326 e. The van der Waals surface area contributed by atoms with Gasteiger partial charge in [-0.2, -0.15) is 0 Å². The number of hydrogen-bond donors (Lipinski definition) is 2. The zero-order valence-electron chi connectivity index (χ0n) is 19.0. The number of carbonyl (C=O) groups excluding carboxylic acids is 1. The second-order valence-electron chi connectivity index (χ2n) is 8.64. The van der Waals surface area contributed by atoms with Gasteiger partial charge in [-0.05, 0) is 41.3 Å². The summed E-state index contributed by atoms with van der Waals surface area (Å²) >= 11 is 0. The first-order valence-corrected chi connectivity index (χ1v) is 12.1. The Morgan fingerprint density at radius 2 is 1.81 bits per heavy atom. The van der Waals surface area contributed by atoms with Crippen LogP contribution in [-0.4, -0.2) is 34.4 Å². The zero-order valence-corrected chi connectivity index (χ0v) is 19.8. The van der Waals surface area contributed by atoms with E-state index in [1.165, 1.54) is 0 Å². The lowest BCUT2D eigenvalue weighted by Gasteiger charge is -2.28. The molecule has 0 atom stereocenters.